The van der Waals surface area contributed by atoms with Crippen molar-refractivity contribution in [3.05, 3.63) is 54.1 Å². The Morgan fingerprint density at radius 3 is 3.17 bits per heavy atom. The van der Waals surface area contributed by atoms with Gasteiger partial charge in [-0.3, -0.25) is 9.88 Å². The smallest absolute Gasteiger partial charge is 0.144 e. The molecule has 2 N–H and O–H groups in total. The fourth-order valence-electron chi connectivity index (χ4n) is 3.44. The molecule has 0 aliphatic carbocycles. The molecule has 0 bridgehead atoms. The topological polar surface area (TPSA) is 56.8 Å². The normalized spacial score (nSPS) is 18.6. The van der Waals surface area contributed by atoms with Gasteiger partial charge in [0.15, 0.2) is 0 Å². The summed E-state index contributed by atoms with van der Waals surface area (Å²) in [6.07, 6.45) is 8.01. The van der Waals surface area contributed by atoms with Crippen LogP contribution in [0.15, 0.2) is 42.9 Å². The first kappa shape index (κ1) is 14.2. The van der Waals surface area contributed by atoms with Crippen LogP contribution in [0.25, 0.3) is 10.9 Å². The van der Waals surface area contributed by atoms with Gasteiger partial charge < -0.3 is 10.3 Å². The van der Waals surface area contributed by atoms with Gasteiger partial charge in [-0.25, -0.2) is 4.98 Å². The van der Waals surface area contributed by atoms with Gasteiger partial charge in [-0.2, -0.15) is 0 Å². The SMILES string of the molecule is CNc1cncc([C@@H]2CCCN2Cc2ccc3cc[nH]c3c2)n1. The van der Waals surface area contributed by atoms with E-state index in [-0.39, 0.29) is 0 Å². The highest BCUT2D eigenvalue weighted by Crippen LogP contribution is 2.32. The van der Waals surface area contributed by atoms with E-state index in [9.17, 15) is 0 Å². The predicted octanol–water partition coefficient (Wildman–Crippen LogP) is 3.34. The molecule has 3 heterocycles. The molecule has 23 heavy (non-hydrogen) atoms. The Labute approximate surface area is 135 Å². The third-order valence-corrected chi connectivity index (χ3v) is 4.62. The van der Waals surface area contributed by atoms with Gasteiger partial charge >= 0.3 is 0 Å². The summed E-state index contributed by atoms with van der Waals surface area (Å²) < 4.78 is 0. The molecular formula is C18H21N5. The number of fused-ring (bicyclic) bond motifs is 1. The van der Waals surface area contributed by atoms with E-state index in [2.05, 4.69) is 49.4 Å². The molecule has 2 aromatic heterocycles. The summed E-state index contributed by atoms with van der Waals surface area (Å²) in [5.74, 6) is 0.835. The minimum Gasteiger partial charge on any atom is -0.372 e. The molecule has 5 nitrogen and oxygen atoms in total. The van der Waals surface area contributed by atoms with Crippen molar-refractivity contribution in [1.82, 2.24) is 19.9 Å². The molecule has 0 radical (unpaired) electrons. The van der Waals surface area contributed by atoms with E-state index >= 15 is 0 Å². The Morgan fingerprint density at radius 1 is 1.30 bits per heavy atom. The second-order valence-electron chi connectivity index (χ2n) is 6.11. The average Bonchev–Trinajstić information content (AvgIpc) is 3.23. The number of benzene rings is 1. The molecule has 1 aliphatic heterocycles. The molecule has 0 unspecified atom stereocenters. The van der Waals surface area contributed by atoms with Gasteiger partial charge in [0.1, 0.15) is 5.82 Å². The average molecular weight is 307 g/mol. The first-order valence-corrected chi connectivity index (χ1v) is 8.13. The zero-order valence-corrected chi connectivity index (χ0v) is 13.3. The second kappa shape index (κ2) is 6.01. The first-order valence-electron chi connectivity index (χ1n) is 8.13. The van der Waals surface area contributed by atoms with Crippen molar-refractivity contribution in [2.75, 3.05) is 18.9 Å². The molecule has 4 rings (SSSR count). The molecule has 3 aromatic rings. The van der Waals surface area contributed by atoms with Crippen molar-refractivity contribution in [3.63, 3.8) is 0 Å². The third kappa shape index (κ3) is 2.80. The lowest BCUT2D eigenvalue weighted by atomic mass is 10.1. The lowest BCUT2D eigenvalue weighted by Crippen LogP contribution is -2.23. The molecule has 0 saturated carbocycles. The molecule has 1 fully saturated rings. The molecule has 1 atom stereocenters. The highest BCUT2D eigenvalue weighted by atomic mass is 15.2. The van der Waals surface area contributed by atoms with E-state index in [1.165, 1.54) is 22.9 Å². The van der Waals surface area contributed by atoms with E-state index in [0.29, 0.717) is 6.04 Å². The Bertz CT molecular complexity index is 810. The van der Waals surface area contributed by atoms with Crippen LogP contribution < -0.4 is 5.32 Å². The van der Waals surface area contributed by atoms with Gasteiger partial charge in [-0.1, -0.05) is 12.1 Å². The zero-order chi connectivity index (χ0) is 15.6. The van der Waals surface area contributed by atoms with Gasteiger partial charge in [-0.15, -0.1) is 0 Å². The number of aromatic nitrogens is 3. The minimum atomic E-state index is 0.357. The van der Waals surface area contributed by atoms with E-state index < -0.39 is 0 Å². The molecule has 118 valence electrons. The van der Waals surface area contributed by atoms with Gasteiger partial charge in [0.05, 0.1) is 24.1 Å². The molecular weight excluding hydrogens is 286 g/mol. The Hall–Kier alpha value is -2.40. The fourth-order valence-corrected chi connectivity index (χ4v) is 3.44. The minimum absolute atomic E-state index is 0.357. The number of aromatic amines is 1. The maximum absolute atomic E-state index is 4.69. The molecule has 0 spiro atoms. The molecule has 1 saturated heterocycles. The standard InChI is InChI=1S/C18H21N5/c1-19-18-11-20-10-16(22-18)17-3-2-8-23(17)12-13-4-5-14-6-7-21-15(14)9-13/h4-7,9-11,17,21H,2-3,8,12H2,1H3,(H,19,22)/t17-/m0/s1. The second-order valence-corrected chi connectivity index (χ2v) is 6.11. The summed E-state index contributed by atoms with van der Waals surface area (Å²) in [4.78, 5) is 14.8. The van der Waals surface area contributed by atoms with Crippen LogP contribution in [-0.4, -0.2) is 33.4 Å². The highest BCUT2D eigenvalue weighted by molar-refractivity contribution is 5.79. The van der Waals surface area contributed by atoms with E-state index in [1.807, 2.05) is 19.4 Å². The third-order valence-electron chi connectivity index (χ3n) is 4.62. The van der Waals surface area contributed by atoms with Crippen molar-refractivity contribution >= 4 is 16.7 Å². The maximum Gasteiger partial charge on any atom is 0.144 e. The van der Waals surface area contributed by atoms with Gasteiger partial charge in [-0.05, 0) is 42.5 Å². The first-order chi connectivity index (χ1) is 11.3. The lowest BCUT2D eigenvalue weighted by Gasteiger charge is -2.24. The summed E-state index contributed by atoms with van der Waals surface area (Å²) in [6, 6.07) is 9.13. The number of likely N-dealkylation sites (tertiary alicyclic amines) is 1. The van der Waals surface area contributed by atoms with Crippen molar-refractivity contribution < 1.29 is 0 Å². The highest BCUT2D eigenvalue weighted by Gasteiger charge is 2.27. The Balaban J connectivity index is 1.57. The predicted molar refractivity (Wildman–Crippen MR) is 92.3 cm³/mol. The quantitative estimate of drug-likeness (QED) is 0.776. The van der Waals surface area contributed by atoms with Gasteiger partial charge in [0.2, 0.25) is 0 Å². The number of nitrogens with one attached hydrogen (secondary N) is 2. The van der Waals surface area contributed by atoms with E-state index in [4.69, 9.17) is 0 Å². The Morgan fingerprint density at radius 2 is 2.26 bits per heavy atom. The summed E-state index contributed by atoms with van der Waals surface area (Å²) in [7, 11) is 1.88. The Kier molecular flexibility index (Phi) is 3.71. The molecule has 1 aromatic carbocycles. The number of hydrogen-bond acceptors (Lipinski definition) is 4. The number of anilines is 1. The van der Waals surface area contributed by atoms with Crippen molar-refractivity contribution in [3.8, 4) is 0 Å². The van der Waals surface area contributed by atoms with Crippen LogP contribution in [0.4, 0.5) is 5.82 Å². The number of rotatable bonds is 4. The summed E-state index contributed by atoms with van der Waals surface area (Å²) in [5.41, 5.74) is 3.61. The van der Waals surface area contributed by atoms with Crippen molar-refractivity contribution in [2.24, 2.45) is 0 Å². The van der Waals surface area contributed by atoms with Crippen LogP contribution in [0.5, 0.6) is 0 Å². The monoisotopic (exact) mass is 307 g/mol. The lowest BCUT2D eigenvalue weighted by molar-refractivity contribution is 0.244. The summed E-state index contributed by atoms with van der Waals surface area (Å²) in [5, 5.41) is 4.34. The number of hydrogen-bond donors (Lipinski definition) is 2. The zero-order valence-electron chi connectivity index (χ0n) is 13.3. The van der Waals surface area contributed by atoms with Crippen LogP contribution in [-0.2, 0) is 6.54 Å². The van der Waals surface area contributed by atoms with Crippen LogP contribution in [0.1, 0.15) is 30.1 Å². The van der Waals surface area contributed by atoms with E-state index in [1.54, 1.807) is 6.20 Å². The van der Waals surface area contributed by atoms with Gasteiger partial charge in [0.25, 0.3) is 0 Å². The van der Waals surface area contributed by atoms with Crippen molar-refractivity contribution in [1.29, 1.82) is 0 Å². The maximum atomic E-state index is 4.69. The summed E-state index contributed by atoms with van der Waals surface area (Å²) >= 11 is 0. The van der Waals surface area contributed by atoms with Gasteiger partial charge in [0, 0.05) is 25.3 Å². The largest absolute Gasteiger partial charge is 0.372 e. The van der Waals surface area contributed by atoms with Crippen LogP contribution >= 0.6 is 0 Å². The molecule has 1 aliphatic rings. The molecule has 5 heteroatoms. The van der Waals surface area contributed by atoms with Crippen LogP contribution in [0.2, 0.25) is 0 Å². The fraction of sp³-hybridized carbons (Fsp3) is 0.333. The van der Waals surface area contributed by atoms with Crippen molar-refractivity contribution in [2.45, 2.75) is 25.4 Å². The van der Waals surface area contributed by atoms with E-state index in [0.717, 1.165) is 31.0 Å². The number of H-pyrrole nitrogens is 1. The van der Waals surface area contributed by atoms with Crippen LogP contribution in [0.3, 0.4) is 0 Å². The van der Waals surface area contributed by atoms with Crippen LogP contribution in [0, 0.1) is 0 Å². The molecule has 0 amide bonds. The summed E-state index contributed by atoms with van der Waals surface area (Å²) in [6.45, 7) is 2.06. The number of nitrogens with zero attached hydrogens (tertiary/aromatic N) is 3.